The number of phosphoric ester groups is 1. The fourth-order valence-electron chi connectivity index (χ4n) is 9.45. The minimum Gasteiger partial charge on any atom is -0.403 e. The Bertz CT molecular complexity index is 2800. The van der Waals surface area contributed by atoms with Crippen LogP contribution in [0.3, 0.4) is 0 Å². The van der Waals surface area contributed by atoms with Gasteiger partial charge in [0.1, 0.15) is 6.04 Å². The quantitative estimate of drug-likeness (QED) is 0.0237. The van der Waals surface area contributed by atoms with Crippen LogP contribution in [0.4, 0.5) is 17.1 Å². The average Bonchev–Trinajstić information content (AvgIpc) is 4.08. The molecule has 7 rings (SSSR count). The monoisotopic (exact) mass is 1040 g/mol. The molecule has 70 heavy (non-hydrogen) atoms. The summed E-state index contributed by atoms with van der Waals surface area (Å²) in [5.74, 6) is -2.54. The molecular weight excluding hydrogens is 983 g/mol. The molecule has 0 radical (unpaired) electrons. The maximum absolute atomic E-state index is 14.1. The topological polar surface area (TPSA) is 232 Å². The highest BCUT2D eigenvalue weighted by molar-refractivity contribution is 7.46. The molecule has 7 amide bonds. The van der Waals surface area contributed by atoms with Crippen molar-refractivity contribution >= 4 is 122 Å². The molecule has 0 unspecified atom stereocenters. The SMILES string of the molecule is Cc1csc2c(OP(=O)(O)O)cc3c(c12)[C@H](CCl)CN3C(=O)CCCC(=O)N1C[C@@H](CCl)c2c1cc(NC(=O)[C@H](C)NC(=O)C[C@@H](NC(=O)CCCCCN1C(=O)C=CC1=O)C(C)C)c1ccccc21. The Labute approximate surface area is 419 Å². The van der Waals surface area contributed by atoms with Crippen molar-refractivity contribution in [1.29, 1.82) is 0 Å². The van der Waals surface area contributed by atoms with Crippen molar-refractivity contribution in [3.63, 3.8) is 0 Å². The van der Waals surface area contributed by atoms with Gasteiger partial charge < -0.3 is 30.3 Å². The molecule has 4 heterocycles. The molecule has 3 aliphatic heterocycles. The van der Waals surface area contributed by atoms with Crippen LogP contribution in [-0.2, 0) is 38.1 Å². The number of anilines is 3. The first-order valence-electron chi connectivity index (χ1n) is 23.3. The molecule has 21 heteroatoms. The summed E-state index contributed by atoms with van der Waals surface area (Å²) >= 11 is 14.2. The molecule has 4 atom stereocenters. The van der Waals surface area contributed by atoms with E-state index in [-0.39, 0.29) is 117 Å². The van der Waals surface area contributed by atoms with E-state index in [4.69, 9.17) is 27.7 Å². The highest BCUT2D eigenvalue weighted by Crippen LogP contribution is 2.52. The van der Waals surface area contributed by atoms with Crippen molar-refractivity contribution in [3.8, 4) is 5.75 Å². The van der Waals surface area contributed by atoms with Crippen LogP contribution < -0.4 is 30.3 Å². The lowest BCUT2D eigenvalue weighted by molar-refractivity contribution is -0.137. The summed E-state index contributed by atoms with van der Waals surface area (Å²) in [6.07, 6.45) is 4.55. The molecule has 3 aromatic carbocycles. The third-order valence-electron chi connectivity index (χ3n) is 13.0. The Kier molecular flexibility index (Phi) is 16.8. The molecule has 0 bridgehead atoms. The maximum Gasteiger partial charge on any atom is 0.524 e. The Morgan fingerprint density at radius 2 is 1.43 bits per heavy atom. The fraction of sp³-hybridized carbons (Fsp3) is 0.449. The average molecular weight is 1040 g/mol. The number of nitrogens with one attached hydrogen (secondary N) is 3. The minimum atomic E-state index is -4.93. The van der Waals surface area contributed by atoms with Gasteiger partial charge in [-0.15, -0.1) is 34.5 Å². The molecule has 0 aliphatic carbocycles. The number of phosphoric acid groups is 1. The summed E-state index contributed by atoms with van der Waals surface area (Å²) in [7, 11) is -4.93. The van der Waals surface area contributed by atoms with E-state index in [1.54, 1.807) is 22.8 Å². The molecule has 374 valence electrons. The van der Waals surface area contributed by atoms with Crippen molar-refractivity contribution in [2.24, 2.45) is 5.92 Å². The van der Waals surface area contributed by atoms with E-state index in [1.165, 1.54) is 34.5 Å². The van der Waals surface area contributed by atoms with Gasteiger partial charge >= 0.3 is 7.82 Å². The molecule has 0 saturated carbocycles. The van der Waals surface area contributed by atoms with E-state index >= 15 is 0 Å². The number of aryl methyl sites for hydroxylation is 1. The summed E-state index contributed by atoms with van der Waals surface area (Å²) in [4.78, 5) is 115. The van der Waals surface area contributed by atoms with Crippen LogP contribution in [0.25, 0.3) is 20.9 Å². The first-order chi connectivity index (χ1) is 33.3. The van der Waals surface area contributed by atoms with Crippen molar-refractivity contribution in [3.05, 3.63) is 70.6 Å². The van der Waals surface area contributed by atoms with Crippen LogP contribution in [0.5, 0.6) is 5.75 Å². The largest absolute Gasteiger partial charge is 0.524 e. The number of alkyl halides is 2. The number of amides is 7. The Morgan fingerprint density at radius 1 is 0.814 bits per heavy atom. The van der Waals surface area contributed by atoms with Crippen molar-refractivity contribution < 1.29 is 52.4 Å². The minimum absolute atomic E-state index is 0.00477. The summed E-state index contributed by atoms with van der Waals surface area (Å²) in [6, 6.07) is 9.20. The van der Waals surface area contributed by atoms with Gasteiger partial charge in [-0.3, -0.25) is 48.2 Å². The number of thiophene rings is 1. The fourth-order valence-corrected chi connectivity index (χ4v) is 11.4. The maximum atomic E-state index is 14.1. The second kappa shape index (κ2) is 22.4. The molecule has 3 aliphatic rings. The third kappa shape index (κ3) is 11.7. The van der Waals surface area contributed by atoms with Crippen molar-refractivity contribution in [2.45, 2.75) is 103 Å². The summed E-state index contributed by atoms with van der Waals surface area (Å²) in [5, 5.41) is 12.8. The first kappa shape index (κ1) is 52.5. The predicted molar refractivity (Wildman–Crippen MR) is 271 cm³/mol. The smallest absolute Gasteiger partial charge is 0.403 e. The van der Waals surface area contributed by atoms with Gasteiger partial charge in [0.2, 0.25) is 29.5 Å². The van der Waals surface area contributed by atoms with Gasteiger partial charge in [0, 0.05) is 110 Å². The van der Waals surface area contributed by atoms with Crippen LogP contribution >= 0.6 is 42.4 Å². The van der Waals surface area contributed by atoms with Crippen LogP contribution in [0.15, 0.2) is 53.9 Å². The summed E-state index contributed by atoms with van der Waals surface area (Å²) in [5.41, 5.74) is 3.99. The zero-order chi connectivity index (χ0) is 50.6. The number of benzene rings is 3. The van der Waals surface area contributed by atoms with Gasteiger partial charge in [-0.05, 0) is 72.6 Å². The zero-order valence-electron chi connectivity index (χ0n) is 39.3. The van der Waals surface area contributed by atoms with E-state index in [0.29, 0.717) is 46.4 Å². The van der Waals surface area contributed by atoms with Gasteiger partial charge in [0.15, 0.2) is 5.75 Å². The van der Waals surface area contributed by atoms with Crippen LogP contribution in [0, 0.1) is 12.8 Å². The molecule has 0 fully saturated rings. The second-order valence-corrected chi connectivity index (χ2v) is 21.0. The van der Waals surface area contributed by atoms with Gasteiger partial charge in [-0.1, -0.05) is 44.5 Å². The normalized spacial score (nSPS) is 17.4. The molecule has 1 aromatic heterocycles. The second-order valence-electron chi connectivity index (χ2n) is 18.4. The lowest BCUT2D eigenvalue weighted by Gasteiger charge is -2.23. The number of carbonyl (C=O) groups is 7. The summed E-state index contributed by atoms with van der Waals surface area (Å²) in [6.45, 7) is 8.02. The lowest BCUT2D eigenvalue weighted by Crippen LogP contribution is -2.46. The van der Waals surface area contributed by atoms with Gasteiger partial charge in [0.25, 0.3) is 11.8 Å². The Hall–Kier alpha value is -5.36. The molecule has 17 nitrogen and oxygen atoms in total. The third-order valence-corrected chi connectivity index (χ3v) is 15.3. The van der Waals surface area contributed by atoms with Gasteiger partial charge in [-0.2, -0.15) is 0 Å². The number of imide groups is 1. The Balaban J connectivity index is 0.972. The lowest BCUT2D eigenvalue weighted by atomic mass is 9.95. The molecular formula is C49H57Cl2N6O11PS. The van der Waals surface area contributed by atoms with Crippen molar-refractivity contribution in [1.82, 2.24) is 15.5 Å². The number of rotatable bonds is 21. The molecule has 5 N–H and O–H groups in total. The van der Waals surface area contributed by atoms with Crippen LogP contribution in [0.1, 0.15) is 101 Å². The highest BCUT2D eigenvalue weighted by atomic mass is 35.5. The number of fused-ring (bicyclic) bond motifs is 6. The molecule has 0 spiro atoms. The van der Waals surface area contributed by atoms with Crippen LogP contribution in [0.2, 0.25) is 0 Å². The predicted octanol–water partition coefficient (Wildman–Crippen LogP) is 7.50. The number of unbranched alkanes of at least 4 members (excludes halogenated alkanes) is 2. The summed E-state index contributed by atoms with van der Waals surface area (Å²) < 4.78 is 17.6. The Morgan fingerprint density at radius 3 is 2.04 bits per heavy atom. The number of nitrogens with zero attached hydrogens (tertiary/aromatic N) is 3. The molecule has 4 aromatic rings. The zero-order valence-corrected chi connectivity index (χ0v) is 42.5. The number of hydrogen-bond donors (Lipinski definition) is 5. The van der Waals surface area contributed by atoms with E-state index in [2.05, 4.69) is 16.0 Å². The number of hydrogen-bond acceptors (Lipinski definition) is 10. The number of carbonyl (C=O) groups excluding carboxylic acids is 7. The van der Waals surface area contributed by atoms with Gasteiger partial charge in [-0.25, -0.2) is 4.57 Å². The van der Waals surface area contributed by atoms with Gasteiger partial charge in [0.05, 0.1) is 16.1 Å². The molecule has 0 saturated heterocycles. The highest BCUT2D eigenvalue weighted by Gasteiger charge is 2.38. The van der Waals surface area contributed by atoms with E-state index in [0.717, 1.165) is 27.5 Å². The first-order valence-corrected chi connectivity index (χ1v) is 26.8. The van der Waals surface area contributed by atoms with Crippen molar-refractivity contribution in [2.75, 3.05) is 46.5 Å². The van der Waals surface area contributed by atoms with E-state index in [1.807, 2.05) is 50.4 Å². The van der Waals surface area contributed by atoms with E-state index < -0.39 is 31.7 Å². The number of halogens is 2. The van der Waals surface area contributed by atoms with Crippen LogP contribution in [-0.4, -0.2) is 99.5 Å². The standard InChI is InChI=1S/C49H57Cl2N6O11PS/c1-27(2)34(53-39(58)13-6-5-9-18-55-43(62)16-17-44(55)63)20-40(59)52-29(4)49(64)54-35-19-36-46(33-12-8-7-11-32(33)35)30(22-50)24-56(36)41(60)14-10-15-42(61)57-25-31(23-51)47-37(57)21-38(68-69(65,66)67)48-45(47)28(3)26-70-48/h7-8,11-12,16-17,19,21,26-27,29-31,34H,5-6,9-10,13-15,18,20,22-25H2,1-4H3,(H,52,59)(H,53,58)(H,54,64)(H2,65,66,67)/t29-,30+,31+,34+/m0/s1. The van der Waals surface area contributed by atoms with E-state index in [9.17, 15) is 47.9 Å².